The Labute approximate surface area is 196 Å². The highest BCUT2D eigenvalue weighted by Gasteiger charge is 2.28. The number of hydrogen-bond acceptors (Lipinski definition) is 7. The third kappa shape index (κ3) is 5.83. The highest BCUT2D eigenvalue weighted by molar-refractivity contribution is 8.00. The molecule has 1 aromatic heterocycles. The Morgan fingerprint density at radius 1 is 1.06 bits per heavy atom. The van der Waals surface area contributed by atoms with Gasteiger partial charge >= 0.3 is 6.03 Å². The molecule has 0 radical (unpaired) electrons. The lowest BCUT2D eigenvalue weighted by molar-refractivity contribution is -0.120. The van der Waals surface area contributed by atoms with Gasteiger partial charge in [-0.05, 0) is 61.4 Å². The molecule has 174 valence electrons. The van der Waals surface area contributed by atoms with E-state index in [-0.39, 0.29) is 5.92 Å². The lowest BCUT2D eigenvalue weighted by Crippen LogP contribution is -2.42. The molecule has 9 nitrogen and oxygen atoms in total. The molecule has 3 amide bonds. The van der Waals surface area contributed by atoms with E-state index in [9.17, 15) is 9.59 Å². The van der Waals surface area contributed by atoms with Crippen LogP contribution in [0.2, 0.25) is 0 Å². The van der Waals surface area contributed by atoms with Gasteiger partial charge in [-0.1, -0.05) is 25.6 Å². The number of carbonyl (C=O) groups is 2. The molecule has 0 spiro atoms. The first-order valence-electron chi connectivity index (χ1n) is 10.4. The van der Waals surface area contributed by atoms with Crippen LogP contribution in [0.25, 0.3) is 17.1 Å². The molecule has 3 N–H and O–H groups in total. The Hall–Kier alpha value is -3.53. The summed E-state index contributed by atoms with van der Waals surface area (Å²) in [5.41, 5.74) is 6.78. The van der Waals surface area contributed by atoms with Crippen molar-refractivity contribution in [2.75, 3.05) is 13.7 Å². The molecule has 0 bridgehead atoms. The van der Waals surface area contributed by atoms with E-state index in [0.29, 0.717) is 17.6 Å². The summed E-state index contributed by atoms with van der Waals surface area (Å²) < 4.78 is 12.7. The average molecular weight is 470 g/mol. The topological polar surface area (TPSA) is 121 Å². The SMILES string of the molecule is CCOc1ccc(-n2c(SC(C(=O)NC(N)=O)C(C)C)nnc2-c2ccc(OC)cc2)cc1. The number of aromatic nitrogens is 3. The molecule has 0 saturated heterocycles. The number of rotatable bonds is 9. The molecular weight excluding hydrogens is 442 g/mol. The Bertz CT molecular complexity index is 1100. The van der Waals surface area contributed by atoms with Crippen LogP contribution in [0.3, 0.4) is 0 Å². The molecule has 0 saturated carbocycles. The van der Waals surface area contributed by atoms with Crippen molar-refractivity contribution in [2.45, 2.75) is 31.2 Å². The van der Waals surface area contributed by atoms with Gasteiger partial charge in [0.2, 0.25) is 5.91 Å². The van der Waals surface area contributed by atoms with Crippen molar-refractivity contribution < 1.29 is 19.1 Å². The van der Waals surface area contributed by atoms with Crippen LogP contribution in [0.15, 0.2) is 53.7 Å². The number of methoxy groups -OCH3 is 1. The fourth-order valence-corrected chi connectivity index (χ4v) is 4.21. The number of nitrogens with two attached hydrogens (primary N) is 1. The first kappa shape index (κ1) is 24.1. The van der Waals surface area contributed by atoms with Crippen molar-refractivity contribution in [2.24, 2.45) is 11.7 Å². The number of benzene rings is 2. The number of nitrogens with zero attached hydrogens (tertiary/aromatic N) is 3. The second kappa shape index (κ2) is 10.9. The maximum absolute atomic E-state index is 12.6. The van der Waals surface area contributed by atoms with Gasteiger partial charge in [-0.2, -0.15) is 0 Å². The van der Waals surface area contributed by atoms with Gasteiger partial charge in [0.05, 0.1) is 19.0 Å². The molecule has 1 unspecified atom stereocenters. The number of ether oxygens (including phenoxy) is 2. The van der Waals surface area contributed by atoms with Gasteiger partial charge in [-0.3, -0.25) is 14.7 Å². The summed E-state index contributed by atoms with van der Waals surface area (Å²) in [5.74, 6) is 1.50. The van der Waals surface area contributed by atoms with E-state index in [1.807, 2.05) is 73.9 Å². The molecule has 10 heteroatoms. The summed E-state index contributed by atoms with van der Waals surface area (Å²) >= 11 is 1.22. The van der Waals surface area contributed by atoms with Crippen LogP contribution in [-0.4, -0.2) is 45.7 Å². The number of thioether (sulfide) groups is 1. The van der Waals surface area contributed by atoms with Crippen molar-refractivity contribution in [1.29, 1.82) is 0 Å². The van der Waals surface area contributed by atoms with Gasteiger partial charge in [0, 0.05) is 11.3 Å². The van der Waals surface area contributed by atoms with E-state index in [1.54, 1.807) is 7.11 Å². The minimum Gasteiger partial charge on any atom is -0.497 e. The Morgan fingerprint density at radius 2 is 1.70 bits per heavy atom. The maximum atomic E-state index is 12.6. The molecule has 0 aliphatic carbocycles. The molecule has 1 heterocycles. The molecule has 3 rings (SSSR count). The quantitative estimate of drug-likeness (QED) is 0.459. The van der Waals surface area contributed by atoms with Gasteiger partial charge < -0.3 is 15.2 Å². The van der Waals surface area contributed by atoms with E-state index in [1.165, 1.54) is 11.8 Å². The summed E-state index contributed by atoms with van der Waals surface area (Å²) in [5, 5.41) is 10.8. The predicted octanol–water partition coefficient (Wildman–Crippen LogP) is 3.65. The minimum absolute atomic E-state index is 0.0933. The zero-order valence-electron chi connectivity index (χ0n) is 18.9. The van der Waals surface area contributed by atoms with E-state index in [0.717, 1.165) is 22.7 Å². The second-order valence-corrected chi connectivity index (χ2v) is 8.54. The monoisotopic (exact) mass is 469 g/mol. The highest BCUT2D eigenvalue weighted by Crippen LogP contribution is 2.33. The predicted molar refractivity (Wildman–Crippen MR) is 127 cm³/mol. The number of carbonyl (C=O) groups excluding carboxylic acids is 2. The molecule has 0 aliphatic rings. The average Bonchev–Trinajstić information content (AvgIpc) is 3.21. The standard InChI is InChI=1S/C23H27N5O4S/c1-5-32-18-12-8-16(9-13-18)28-20(15-6-10-17(31-4)11-7-15)26-27-23(28)33-19(14(2)3)21(29)25-22(24)30/h6-14,19H,5H2,1-4H3,(H3,24,25,29,30). The zero-order chi connectivity index (χ0) is 24.0. The van der Waals surface area contributed by atoms with E-state index >= 15 is 0 Å². The van der Waals surface area contributed by atoms with E-state index < -0.39 is 17.2 Å². The van der Waals surface area contributed by atoms with Gasteiger partial charge in [-0.15, -0.1) is 10.2 Å². The number of imide groups is 1. The fraction of sp³-hybridized carbons (Fsp3) is 0.304. The van der Waals surface area contributed by atoms with Crippen LogP contribution >= 0.6 is 11.8 Å². The first-order chi connectivity index (χ1) is 15.8. The van der Waals surface area contributed by atoms with Crippen LogP contribution in [0.5, 0.6) is 11.5 Å². The number of urea groups is 1. The molecule has 0 fully saturated rings. The molecule has 33 heavy (non-hydrogen) atoms. The number of primary amides is 1. The normalized spacial score (nSPS) is 11.8. The largest absolute Gasteiger partial charge is 0.497 e. The Balaban J connectivity index is 2.06. The molecule has 2 aromatic carbocycles. The lowest BCUT2D eigenvalue weighted by atomic mass is 10.1. The summed E-state index contributed by atoms with van der Waals surface area (Å²) in [6.07, 6.45) is 0. The van der Waals surface area contributed by atoms with E-state index in [4.69, 9.17) is 15.2 Å². The van der Waals surface area contributed by atoms with Gasteiger partial charge in [0.25, 0.3) is 0 Å². The van der Waals surface area contributed by atoms with Crippen LogP contribution < -0.4 is 20.5 Å². The Morgan fingerprint density at radius 3 is 2.24 bits per heavy atom. The summed E-state index contributed by atoms with van der Waals surface area (Å²) in [4.78, 5) is 23.8. The third-order valence-corrected chi connectivity index (χ3v) is 6.22. The number of amides is 3. The van der Waals surface area contributed by atoms with Crippen molar-refractivity contribution in [3.05, 3.63) is 48.5 Å². The number of nitrogens with one attached hydrogen (secondary N) is 1. The van der Waals surface area contributed by atoms with Crippen molar-refractivity contribution in [3.8, 4) is 28.6 Å². The smallest absolute Gasteiger partial charge is 0.318 e. The van der Waals surface area contributed by atoms with E-state index in [2.05, 4.69) is 15.5 Å². The summed E-state index contributed by atoms with van der Waals surface area (Å²) in [7, 11) is 1.61. The Kier molecular flexibility index (Phi) is 7.94. The minimum atomic E-state index is -0.891. The summed E-state index contributed by atoms with van der Waals surface area (Å²) in [6.45, 7) is 6.27. The zero-order valence-corrected chi connectivity index (χ0v) is 19.8. The van der Waals surface area contributed by atoms with Crippen molar-refractivity contribution in [3.63, 3.8) is 0 Å². The fourth-order valence-electron chi connectivity index (χ4n) is 3.16. The highest BCUT2D eigenvalue weighted by atomic mass is 32.2. The molecule has 1 atom stereocenters. The van der Waals surface area contributed by atoms with Crippen LogP contribution in [0.4, 0.5) is 4.79 Å². The number of hydrogen-bond donors (Lipinski definition) is 2. The maximum Gasteiger partial charge on any atom is 0.318 e. The third-order valence-electron chi connectivity index (χ3n) is 4.73. The molecule has 3 aromatic rings. The van der Waals surface area contributed by atoms with Crippen molar-refractivity contribution >= 4 is 23.7 Å². The summed E-state index contributed by atoms with van der Waals surface area (Å²) in [6, 6.07) is 14.1. The van der Waals surface area contributed by atoms with Crippen molar-refractivity contribution in [1.82, 2.24) is 20.1 Å². The van der Waals surface area contributed by atoms with Gasteiger partial charge in [-0.25, -0.2) is 4.79 Å². The van der Waals surface area contributed by atoms with Crippen LogP contribution in [-0.2, 0) is 4.79 Å². The molecular formula is C23H27N5O4S. The first-order valence-corrected chi connectivity index (χ1v) is 11.3. The lowest BCUT2D eigenvalue weighted by Gasteiger charge is -2.19. The van der Waals surface area contributed by atoms with Gasteiger partial charge in [0.1, 0.15) is 11.5 Å². The molecule has 0 aliphatic heterocycles. The van der Waals surface area contributed by atoms with Gasteiger partial charge in [0.15, 0.2) is 11.0 Å². The van der Waals surface area contributed by atoms with Crippen LogP contribution in [0.1, 0.15) is 20.8 Å². The van der Waals surface area contributed by atoms with Crippen LogP contribution in [0, 0.1) is 5.92 Å². The second-order valence-electron chi connectivity index (χ2n) is 7.43.